The summed E-state index contributed by atoms with van der Waals surface area (Å²) in [6.07, 6.45) is 0. The highest BCUT2D eigenvalue weighted by Crippen LogP contribution is 2.32. The predicted octanol–water partition coefficient (Wildman–Crippen LogP) is 4.03. The molecule has 0 bridgehead atoms. The number of sulfonamides is 1. The van der Waals surface area contributed by atoms with Gasteiger partial charge in [-0.25, -0.2) is 8.42 Å². The summed E-state index contributed by atoms with van der Waals surface area (Å²) in [5.41, 5.74) is 6.15. The van der Waals surface area contributed by atoms with Gasteiger partial charge in [0, 0.05) is 5.69 Å². The summed E-state index contributed by atoms with van der Waals surface area (Å²) in [7, 11) is -3.91. The molecule has 0 heterocycles. The Bertz CT molecular complexity index is 763. The second-order valence-corrected chi connectivity index (χ2v) is 6.74. The molecule has 0 aromatic heterocycles. The molecule has 2 aromatic rings. The maximum absolute atomic E-state index is 12.3. The van der Waals surface area contributed by atoms with Crippen LogP contribution in [0.15, 0.2) is 41.3 Å². The number of nitrogens with two attached hydrogens (primary N) is 1. The van der Waals surface area contributed by atoms with Crippen molar-refractivity contribution in [3.63, 3.8) is 0 Å². The van der Waals surface area contributed by atoms with Gasteiger partial charge in [-0.1, -0.05) is 40.9 Å². The van der Waals surface area contributed by atoms with Crippen LogP contribution in [0.25, 0.3) is 0 Å². The van der Waals surface area contributed by atoms with Crippen LogP contribution in [0.2, 0.25) is 15.1 Å². The molecule has 0 saturated carbocycles. The van der Waals surface area contributed by atoms with Gasteiger partial charge in [0.25, 0.3) is 10.0 Å². The van der Waals surface area contributed by atoms with Gasteiger partial charge in [0.1, 0.15) is 4.90 Å². The molecule has 0 atom stereocenters. The molecule has 0 spiro atoms. The second-order valence-electron chi connectivity index (χ2n) is 3.90. The zero-order valence-corrected chi connectivity index (χ0v) is 13.0. The van der Waals surface area contributed by atoms with Crippen molar-refractivity contribution < 1.29 is 8.42 Å². The van der Waals surface area contributed by atoms with Crippen molar-refractivity contribution in [1.29, 1.82) is 0 Å². The Morgan fingerprint density at radius 1 is 1.00 bits per heavy atom. The lowest BCUT2D eigenvalue weighted by atomic mass is 10.3. The number of hydrogen-bond donors (Lipinski definition) is 2. The third-order valence-electron chi connectivity index (χ3n) is 2.44. The van der Waals surface area contributed by atoms with E-state index in [4.69, 9.17) is 40.5 Å². The number of halogens is 3. The summed E-state index contributed by atoms with van der Waals surface area (Å²) < 4.78 is 26.9. The van der Waals surface area contributed by atoms with Crippen LogP contribution in [0.1, 0.15) is 0 Å². The molecule has 2 rings (SSSR count). The van der Waals surface area contributed by atoms with Crippen LogP contribution < -0.4 is 10.5 Å². The fourth-order valence-electron chi connectivity index (χ4n) is 1.51. The predicted molar refractivity (Wildman–Crippen MR) is 83.1 cm³/mol. The molecule has 0 aliphatic rings. The topological polar surface area (TPSA) is 72.2 Å². The van der Waals surface area contributed by atoms with Gasteiger partial charge in [0.2, 0.25) is 0 Å². The standard InChI is InChI=1S/C12H9Cl3N2O2S/c13-8-5-4-7(16)6-10(8)17-20(18,19)11-3-1-2-9(14)12(11)15/h1-6,17H,16H2. The fraction of sp³-hybridized carbons (Fsp3) is 0. The quantitative estimate of drug-likeness (QED) is 0.820. The first-order valence-corrected chi connectivity index (χ1v) is 7.95. The summed E-state index contributed by atoms with van der Waals surface area (Å²) in [6, 6.07) is 8.80. The van der Waals surface area contributed by atoms with Gasteiger partial charge >= 0.3 is 0 Å². The van der Waals surface area contributed by atoms with Gasteiger partial charge in [-0.15, -0.1) is 0 Å². The molecular formula is C12H9Cl3N2O2S. The molecule has 20 heavy (non-hydrogen) atoms. The van der Waals surface area contributed by atoms with Crippen molar-refractivity contribution in [2.45, 2.75) is 4.90 Å². The Morgan fingerprint density at radius 2 is 1.70 bits per heavy atom. The van der Waals surface area contributed by atoms with E-state index in [1.54, 1.807) is 6.07 Å². The lowest BCUT2D eigenvalue weighted by molar-refractivity contribution is 0.601. The first-order chi connectivity index (χ1) is 9.31. The van der Waals surface area contributed by atoms with Crippen molar-refractivity contribution in [1.82, 2.24) is 0 Å². The van der Waals surface area contributed by atoms with Gasteiger partial charge in [0.15, 0.2) is 0 Å². The molecule has 4 nitrogen and oxygen atoms in total. The Morgan fingerprint density at radius 3 is 2.40 bits per heavy atom. The third kappa shape index (κ3) is 3.12. The van der Waals surface area contributed by atoms with E-state index in [0.29, 0.717) is 5.69 Å². The van der Waals surface area contributed by atoms with Crippen molar-refractivity contribution in [3.05, 3.63) is 51.5 Å². The van der Waals surface area contributed by atoms with Gasteiger partial charge < -0.3 is 5.73 Å². The van der Waals surface area contributed by atoms with Crippen molar-refractivity contribution >= 4 is 56.2 Å². The Kier molecular flexibility index (Phi) is 4.34. The molecule has 0 radical (unpaired) electrons. The van der Waals surface area contributed by atoms with Gasteiger partial charge in [-0.05, 0) is 30.3 Å². The van der Waals surface area contributed by atoms with Gasteiger partial charge in [0.05, 0.1) is 20.8 Å². The average Bonchev–Trinajstić information content (AvgIpc) is 2.36. The van der Waals surface area contributed by atoms with Gasteiger partial charge in [-0.3, -0.25) is 4.72 Å². The summed E-state index contributed by atoms with van der Waals surface area (Å²) in [5.74, 6) is 0. The Hall–Kier alpha value is -1.14. The van der Waals surface area contributed by atoms with E-state index in [0.717, 1.165) is 0 Å². The number of anilines is 2. The van der Waals surface area contributed by atoms with E-state index in [1.165, 1.54) is 30.3 Å². The van der Waals surface area contributed by atoms with Crippen LogP contribution in [-0.2, 0) is 10.0 Å². The molecule has 0 saturated heterocycles. The molecule has 8 heteroatoms. The van der Waals surface area contributed by atoms with Crippen molar-refractivity contribution in [3.8, 4) is 0 Å². The highest BCUT2D eigenvalue weighted by molar-refractivity contribution is 7.92. The highest BCUT2D eigenvalue weighted by Gasteiger charge is 2.20. The smallest absolute Gasteiger partial charge is 0.263 e. The minimum absolute atomic E-state index is 0.0540. The molecule has 0 fully saturated rings. The average molecular weight is 352 g/mol. The molecule has 106 valence electrons. The molecule has 2 aromatic carbocycles. The first kappa shape index (κ1) is 15.3. The minimum atomic E-state index is -3.91. The number of nitrogen functional groups attached to an aromatic ring is 1. The van der Waals surface area contributed by atoms with Crippen LogP contribution in [0.5, 0.6) is 0 Å². The van der Waals surface area contributed by atoms with Crippen molar-refractivity contribution in [2.24, 2.45) is 0 Å². The van der Waals surface area contributed by atoms with Crippen LogP contribution in [0.3, 0.4) is 0 Å². The number of hydrogen-bond acceptors (Lipinski definition) is 3. The largest absolute Gasteiger partial charge is 0.399 e. The van der Waals surface area contributed by atoms with E-state index in [1.807, 2.05) is 0 Å². The van der Waals surface area contributed by atoms with Gasteiger partial charge in [-0.2, -0.15) is 0 Å². The van der Waals surface area contributed by atoms with Crippen LogP contribution in [0.4, 0.5) is 11.4 Å². The van der Waals surface area contributed by atoms with Crippen LogP contribution in [-0.4, -0.2) is 8.42 Å². The zero-order chi connectivity index (χ0) is 14.9. The monoisotopic (exact) mass is 350 g/mol. The molecule has 0 amide bonds. The number of benzene rings is 2. The SMILES string of the molecule is Nc1ccc(Cl)c(NS(=O)(=O)c2cccc(Cl)c2Cl)c1. The lowest BCUT2D eigenvalue weighted by Crippen LogP contribution is -2.14. The minimum Gasteiger partial charge on any atom is -0.399 e. The van der Waals surface area contributed by atoms with Crippen LogP contribution in [0, 0.1) is 0 Å². The molecule has 0 aliphatic heterocycles. The second kappa shape index (κ2) is 5.69. The Balaban J connectivity index is 2.46. The normalized spacial score (nSPS) is 11.3. The molecule has 3 N–H and O–H groups in total. The molecule has 0 aliphatic carbocycles. The molecule has 0 unspecified atom stereocenters. The lowest BCUT2D eigenvalue weighted by Gasteiger charge is -2.11. The fourth-order valence-corrected chi connectivity index (χ4v) is 3.57. The first-order valence-electron chi connectivity index (χ1n) is 5.33. The maximum atomic E-state index is 12.3. The number of rotatable bonds is 3. The summed E-state index contributed by atoms with van der Waals surface area (Å²) in [5, 5.41) is 0.316. The maximum Gasteiger partial charge on any atom is 0.263 e. The number of nitrogens with one attached hydrogen (secondary N) is 1. The third-order valence-corrected chi connectivity index (χ3v) is 5.11. The summed E-state index contributed by atoms with van der Waals surface area (Å²) in [6.45, 7) is 0. The molecular weight excluding hydrogens is 343 g/mol. The van der Waals surface area contributed by atoms with Crippen LogP contribution >= 0.6 is 34.8 Å². The van der Waals surface area contributed by atoms with E-state index >= 15 is 0 Å². The zero-order valence-electron chi connectivity index (χ0n) is 9.90. The highest BCUT2D eigenvalue weighted by atomic mass is 35.5. The van der Waals surface area contributed by atoms with E-state index in [9.17, 15) is 8.42 Å². The van der Waals surface area contributed by atoms with E-state index in [2.05, 4.69) is 4.72 Å². The van der Waals surface area contributed by atoms with Crippen molar-refractivity contribution in [2.75, 3.05) is 10.5 Å². The van der Waals surface area contributed by atoms with E-state index in [-0.39, 0.29) is 25.7 Å². The summed E-state index contributed by atoms with van der Waals surface area (Å²) in [4.78, 5) is -0.134. The van der Waals surface area contributed by atoms with E-state index < -0.39 is 10.0 Å². The Labute approximate surface area is 131 Å². The summed E-state index contributed by atoms with van der Waals surface area (Å²) >= 11 is 17.6.